The molecule has 3 heterocycles. The molecule has 9 heteroatoms. The predicted octanol–water partition coefficient (Wildman–Crippen LogP) is 1.07. The van der Waals surface area contributed by atoms with Gasteiger partial charge in [-0.2, -0.15) is 0 Å². The van der Waals surface area contributed by atoms with Crippen LogP contribution in [0.5, 0.6) is 11.5 Å². The molecule has 0 N–H and O–H groups in total. The SMILES string of the molecule is CC(=O)OC1CC(=O)C2CCN(Cc3cc4c(cc32)OCO4)C(=O)C1OC(C)=O. The number of rotatable bonds is 2. The van der Waals surface area contributed by atoms with E-state index in [0.717, 1.165) is 11.1 Å². The molecule has 3 atom stereocenters. The number of esters is 2. The van der Waals surface area contributed by atoms with Crippen LogP contribution in [0.15, 0.2) is 12.1 Å². The van der Waals surface area contributed by atoms with E-state index in [1.807, 2.05) is 0 Å². The number of nitrogens with zero attached hydrogens (tertiary/aromatic N) is 1. The Hall–Kier alpha value is -3.10. The van der Waals surface area contributed by atoms with Gasteiger partial charge in [0.15, 0.2) is 17.6 Å². The molecule has 1 aromatic carbocycles. The van der Waals surface area contributed by atoms with Crippen LogP contribution in [0, 0.1) is 0 Å². The molecule has 0 aliphatic carbocycles. The Labute approximate surface area is 166 Å². The highest BCUT2D eigenvalue weighted by Crippen LogP contribution is 2.41. The summed E-state index contributed by atoms with van der Waals surface area (Å²) in [5.41, 5.74) is 1.56. The van der Waals surface area contributed by atoms with E-state index in [0.29, 0.717) is 24.5 Å². The lowest BCUT2D eigenvalue weighted by Gasteiger charge is -2.30. The fraction of sp³-hybridized carbons (Fsp3) is 0.500. The molecule has 0 radical (unpaired) electrons. The number of ether oxygens (including phenoxy) is 4. The molecule has 154 valence electrons. The second-order valence-electron chi connectivity index (χ2n) is 7.35. The maximum absolute atomic E-state index is 13.2. The quantitative estimate of drug-likeness (QED) is 0.675. The van der Waals surface area contributed by atoms with Crippen molar-refractivity contribution in [2.75, 3.05) is 13.3 Å². The Morgan fingerprint density at radius 2 is 1.76 bits per heavy atom. The molecular formula is C20H21NO8. The minimum Gasteiger partial charge on any atom is -0.458 e. The summed E-state index contributed by atoms with van der Waals surface area (Å²) in [5.74, 6) is -1.40. The van der Waals surface area contributed by atoms with E-state index in [1.165, 1.54) is 18.7 Å². The minimum atomic E-state index is -1.37. The molecule has 9 nitrogen and oxygen atoms in total. The lowest BCUT2D eigenvalue weighted by Crippen LogP contribution is -2.48. The van der Waals surface area contributed by atoms with Crippen molar-refractivity contribution in [1.82, 2.24) is 4.90 Å². The van der Waals surface area contributed by atoms with Gasteiger partial charge in [-0.25, -0.2) is 0 Å². The average Bonchev–Trinajstić information content (AvgIpc) is 3.02. The normalized spacial score (nSPS) is 25.4. The standard InChI is InChI=1S/C20H21NO8/c1-10(22)28-18-7-15(24)13-3-4-21(20(25)19(18)29-11(2)23)8-12-5-16-17(6-14(12)13)27-9-26-16/h5-6,13,18-19H,3-4,7-9H2,1-2H3. The van der Waals surface area contributed by atoms with Gasteiger partial charge in [0, 0.05) is 39.3 Å². The monoisotopic (exact) mass is 403 g/mol. The molecule has 1 aromatic rings. The van der Waals surface area contributed by atoms with Gasteiger partial charge < -0.3 is 23.8 Å². The molecular weight excluding hydrogens is 382 g/mol. The number of amides is 1. The zero-order chi connectivity index (χ0) is 20.7. The molecule has 2 bridgehead atoms. The number of Topliss-reactive ketones (excluding diaryl/α,β-unsaturated/α-hetero) is 1. The topological polar surface area (TPSA) is 108 Å². The lowest BCUT2D eigenvalue weighted by molar-refractivity contribution is -0.175. The van der Waals surface area contributed by atoms with Crippen LogP contribution >= 0.6 is 0 Å². The number of hydrogen-bond acceptors (Lipinski definition) is 8. The summed E-state index contributed by atoms with van der Waals surface area (Å²) in [5, 5.41) is 0. The largest absolute Gasteiger partial charge is 0.458 e. The fourth-order valence-corrected chi connectivity index (χ4v) is 4.12. The van der Waals surface area contributed by atoms with Crippen molar-refractivity contribution >= 4 is 23.6 Å². The third-order valence-electron chi connectivity index (χ3n) is 5.35. The van der Waals surface area contributed by atoms with Crippen molar-refractivity contribution in [2.24, 2.45) is 0 Å². The Kier molecular flexibility index (Phi) is 4.89. The van der Waals surface area contributed by atoms with E-state index in [-0.39, 0.29) is 25.5 Å². The lowest BCUT2D eigenvalue weighted by atomic mass is 9.86. The van der Waals surface area contributed by atoms with Gasteiger partial charge in [0.25, 0.3) is 5.91 Å². The Bertz CT molecular complexity index is 895. The van der Waals surface area contributed by atoms with Crippen molar-refractivity contribution in [3.05, 3.63) is 23.3 Å². The van der Waals surface area contributed by atoms with Gasteiger partial charge in [-0.15, -0.1) is 0 Å². The van der Waals surface area contributed by atoms with Crippen LogP contribution in [0.2, 0.25) is 0 Å². The summed E-state index contributed by atoms with van der Waals surface area (Å²) in [7, 11) is 0. The molecule has 29 heavy (non-hydrogen) atoms. The van der Waals surface area contributed by atoms with Crippen LogP contribution in [-0.4, -0.2) is 54.1 Å². The van der Waals surface area contributed by atoms with Crippen LogP contribution in [0.3, 0.4) is 0 Å². The van der Waals surface area contributed by atoms with Crippen LogP contribution in [-0.2, 0) is 35.2 Å². The highest BCUT2D eigenvalue weighted by atomic mass is 16.7. The highest BCUT2D eigenvalue weighted by molar-refractivity contribution is 5.91. The van der Waals surface area contributed by atoms with E-state index in [2.05, 4.69) is 0 Å². The summed E-state index contributed by atoms with van der Waals surface area (Å²) in [4.78, 5) is 51.1. The summed E-state index contributed by atoms with van der Waals surface area (Å²) in [6.45, 7) is 2.98. The second kappa shape index (κ2) is 7.38. The number of carbonyl (C=O) groups is 4. The minimum absolute atomic E-state index is 0.0997. The number of ketones is 1. The van der Waals surface area contributed by atoms with Gasteiger partial charge in [0.05, 0.1) is 0 Å². The van der Waals surface area contributed by atoms with Crippen LogP contribution in [0.1, 0.15) is 43.7 Å². The Morgan fingerprint density at radius 1 is 1.07 bits per heavy atom. The molecule has 3 unspecified atom stereocenters. The maximum Gasteiger partial charge on any atom is 0.303 e. The van der Waals surface area contributed by atoms with Crippen molar-refractivity contribution in [2.45, 2.75) is 51.4 Å². The third kappa shape index (κ3) is 3.64. The van der Waals surface area contributed by atoms with Crippen LogP contribution in [0.4, 0.5) is 0 Å². The Morgan fingerprint density at radius 3 is 2.45 bits per heavy atom. The van der Waals surface area contributed by atoms with Crippen molar-refractivity contribution in [3.63, 3.8) is 0 Å². The van der Waals surface area contributed by atoms with Crippen LogP contribution in [0.25, 0.3) is 0 Å². The van der Waals surface area contributed by atoms with Gasteiger partial charge >= 0.3 is 11.9 Å². The molecule has 1 fully saturated rings. The molecule has 1 saturated heterocycles. The maximum atomic E-state index is 13.2. The summed E-state index contributed by atoms with van der Waals surface area (Å²) in [6.07, 6.45) is -2.35. The molecule has 0 aromatic heterocycles. The second-order valence-corrected chi connectivity index (χ2v) is 7.35. The molecule has 1 amide bonds. The number of fused-ring (bicyclic) bond motifs is 6. The Balaban J connectivity index is 1.78. The molecule has 0 saturated carbocycles. The summed E-state index contributed by atoms with van der Waals surface area (Å²) in [6, 6.07) is 3.58. The van der Waals surface area contributed by atoms with E-state index in [9.17, 15) is 19.2 Å². The third-order valence-corrected chi connectivity index (χ3v) is 5.35. The van der Waals surface area contributed by atoms with Crippen molar-refractivity contribution in [3.8, 4) is 11.5 Å². The number of benzene rings is 1. The summed E-state index contributed by atoms with van der Waals surface area (Å²) >= 11 is 0. The molecule has 4 rings (SSSR count). The molecule has 3 aliphatic rings. The fourth-order valence-electron chi connectivity index (χ4n) is 4.12. The van der Waals surface area contributed by atoms with Gasteiger partial charge in [0.1, 0.15) is 5.78 Å². The first-order valence-electron chi connectivity index (χ1n) is 9.42. The number of carbonyl (C=O) groups excluding carboxylic acids is 4. The first-order chi connectivity index (χ1) is 13.8. The zero-order valence-electron chi connectivity index (χ0n) is 16.1. The first-order valence-corrected chi connectivity index (χ1v) is 9.42. The average molecular weight is 403 g/mol. The highest BCUT2D eigenvalue weighted by Gasteiger charge is 2.43. The van der Waals surface area contributed by atoms with Crippen molar-refractivity contribution < 1.29 is 38.1 Å². The van der Waals surface area contributed by atoms with Gasteiger partial charge in [-0.05, 0) is 29.7 Å². The molecule has 3 aliphatic heterocycles. The summed E-state index contributed by atoms with van der Waals surface area (Å²) < 4.78 is 21.3. The van der Waals surface area contributed by atoms with Crippen molar-refractivity contribution in [1.29, 1.82) is 0 Å². The van der Waals surface area contributed by atoms with Gasteiger partial charge in [-0.1, -0.05) is 0 Å². The molecule has 0 spiro atoms. The van der Waals surface area contributed by atoms with E-state index < -0.39 is 36.0 Å². The smallest absolute Gasteiger partial charge is 0.303 e. The number of hydrogen-bond donors (Lipinski definition) is 0. The van der Waals surface area contributed by atoms with E-state index in [1.54, 1.807) is 12.1 Å². The zero-order valence-corrected chi connectivity index (χ0v) is 16.1. The van der Waals surface area contributed by atoms with Crippen LogP contribution < -0.4 is 9.47 Å². The predicted molar refractivity (Wildman–Crippen MR) is 96.1 cm³/mol. The van der Waals surface area contributed by atoms with Gasteiger partial charge in [-0.3, -0.25) is 19.2 Å². The van der Waals surface area contributed by atoms with E-state index in [4.69, 9.17) is 18.9 Å². The first kappa shape index (κ1) is 19.2. The van der Waals surface area contributed by atoms with E-state index >= 15 is 0 Å². The van der Waals surface area contributed by atoms with Gasteiger partial charge in [0.2, 0.25) is 12.9 Å².